The molecule has 0 aliphatic rings. The maximum Gasteiger partial charge on any atom is 0.123 e. The van der Waals surface area contributed by atoms with E-state index in [1.807, 2.05) is 12.1 Å². The van der Waals surface area contributed by atoms with Gasteiger partial charge in [0.2, 0.25) is 0 Å². The summed E-state index contributed by atoms with van der Waals surface area (Å²) in [5.74, 6) is 12.3. The van der Waals surface area contributed by atoms with Crippen LogP contribution in [-0.4, -0.2) is 6.61 Å². The highest BCUT2D eigenvalue weighted by Gasteiger charge is 1.99. The second kappa shape index (κ2) is 11.7. The minimum atomic E-state index is -0.265. The molecular formula is C28H27FO. The molecule has 0 bridgehead atoms. The van der Waals surface area contributed by atoms with Gasteiger partial charge in [0.25, 0.3) is 0 Å². The molecule has 0 saturated heterocycles. The van der Waals surface area contributed by atoms with Crippen molar-refractivity contribution >= 4 is 10.8 Å². The predicted molar refractivity (Wildman–Crippen MR) is 123 cm³/mol. The average Bonchev–Trinajstić information content (AvgIpc) is 2.77. The SMILES string of the molecule is CCCCCCCCOc1ccc2cc(C#CC#Cc3ccc(F)cc3)ccc2c1. The first kappa shape index (κ1) is 21.5. The Morgan fingerprint density at radius 2 is 1.33 bits per heavy atom. The van der Waals surface area contributed by atoms with E-state index in [-0.39, 0.29) is 5.82 Å². The van der Waals surface area contributed by atoms with Crippen molar-refractivity contribution in [2.75, 3.05) is 6.61 Å². The fourth-order valence-corrected chi connectivity index (χ4v) is 3.20. The maximum atomic E-state index is 12.9. The van der Waals surface area contributed by atoms with E-state index in [1.165, 1.54) is 44.2 Å². The summed E-state index contributed by atoms with van der Waals surface area (Å²) in [6, 6.07) is 18.4. The molecule has 1 nitrogen and oxygen atoms in total. The monoisotopic (exact) mass is 398 g/mol. The number of hydrogen-bond donors (Lipinski definition) is 0. The third-order valence-electron chi connectivity index (χ3n) is 4.90. The van der Waals surface area contributed by atoms with Crippen LogP contribution in [-0.2, 0) is 0 Å². The van der Waals surface area contributed by atoms with E-state index in [2.05, 4.69) is 54.9 Å². The van der Waals surface area contributed by atoms with Gasteiger partial charge in [0.15, 0.2) is 0 Å². The lowest BCUT2D eigenvalue weighted by Crippen LogP contribution is -1.97. The van der Waals surface area contributed by atoms with Crippen LogP contribution in [0.5, 0.6) is 5.75 Å². The van der Waals surface area contributed by atoms with E-state index in [9.17, 15) is 4.39 Å². The van der Waals surface area contributed by atoms with E-state index in [4.69, 9.17) is 4.74 Å². The Morgan fingerprint density at radius 3 is 2.13 bits per heavy atom. The van der Waals surface area contributed by atoms with Gasteiger partial charge in [-0.1, -0.05) is 63.0 Å². The van der Waals surface area contributed by atoms with Crippen LogP contribution in [0.3, 0.4) is 0 Å². The second-order valence-corrected chi connectivity index (χ2v) is 7.35. The Hall–Kier alpha value is -3.23. The van der Waals surface area contributed by atoms with Crippen LogP contribution in [0.1, 0.15) is 56.6 Å². The predicted octanol–water partition coefficient (Wildman–Crippen LogP) is 7.12. The zero-order chi connectivity index (χ0) is 21.0. The molecule has 30 heavy (non-hydrogen) atoms. The molecule has 0 aliphatic carbocycles. The summed E-state index contributed by atoms with van der Waals surface area (Å²) in [6.45, 7) is 3.01. The van der Waals surface area contributed by atoms with Crippen molar-refractivity contribution in [3.63, 3.8) is 0 Å². The molecule has 0 amide bonds. The lowest BCUT2D eigenvalue weighted by molar-refractivity contribution is 0.305. The minimum Gasteiger partial charge on any atom is -0.494 e. The van der Waals surface area contributed by atoms with Crippen LogP contribution in [0.2, 0.25) is 0 Å². The van der Waals surface area contributed by atoms with Gasteiger partial charge >= 0.3 is 0 Å². The number of rotatable bonds is 8. The molecule has 3 aromatic carbocycles. The maximum absolute atomic E-state index is 12.9. The Morgan fingerprint density at radius 1 is 0.700 bits per heavy atom. The topological polar surface area (TPSA) is 9.23 Å². The molecule has 0 heterocycles. The van der Waals surface area contributed by atoms with E-state index < -0.39 is 0 Å². The van der Waals surface area contributed by atoms with Gasteiger partial charge in [-0.25, -0.2) is 4.39 Å². The first-order chi connectivity index (χ1) is 14.7. The first-order valence-electron chi connectivity index (χ1n) is 10.7. The molecule has 0 unspecified atom stereocenters. The van der Waals surface area contributed by atoms with Crippen molar-refractivity contribution < 1.29 is 9.13 Å². The van der Waals surface area contributed by atoms with Gasteiger partial charge in [-0.05, 0) is 77.6 Å². The van der Waals surface area contributed by atoms with E-state index >= 15 is 0 Å². The van der Waals surface area contributed by atoms with Crippen molar-refractivity contribution in [3.8, 4) is 29.4 Å². The Kier molecular flexibility index (Phi) is 8.37. The van der Waals surface area contributed by atoms with Gasteiger partial charge in [-0.15, -0.1) is 0 Å². The molecular weight excluding hydrogens is 371 g/mol. The summed E-state index contributed by atoms with van der Waals surface area (Å²) >= 11 is 0. The molecule has 0 aromatic heterocycles. The smallest absolute Gasteiger partial charge is 0.123 e. The number of fused-ring (bicyclic) bond motifs is 1. The lowest BCUT2D eigenvalue weighted by atomic mass is 10.1. The largest absolute Gasteiger partial charge is 0.494 e. The average molecular weight is 399 g/mol. The number of ether oxygens (including phenoxy) is 1. The zero-order valence-electron chi connectivity index (χ0n) is 17.5. The number of benzene rings is 3. The minimum absolute atomic E-state index is 0.265. The van der Waals surface area contributed by atoms with Crippen LogP contribution >= 0.6 is 0 Å². The quantitative estimate of drug-likeness (QED) is 0.290. The van der Waals surface area contributed by atoms with Gasteiger partial charge in [0.05, 0.1) is 6.61 Å². The van der Waals surface area contributed by atoms with Gasteiger partial charge < -0.3 is 4.74 Å². The van der Waals surface area contributed by atoms with Crippen LogP contribution in [0.25, 0.3) is 10.8 Å². The molecule has 152 valence electrons. The third kappa shape index (κ3) is 6.98. The van der Waals surface area contributed by atoms with Crippen molar-refractivity contribution in [1.82, 2.24) is 0 Å². The van der Waals surface area contributed by atoms with Crippen LogP contribution in [0.4, 0.5) is 4.39 Å². The third-order valence-corrected chi connectivity index (χ3v) is 4.90. The van der Waals surface area contributed by atoms with E-state index in [0.717, 1.165) is 40.7 Å². The fourth-order valence-electron chi connectivity index (χ4n) is 3.20. The molecule has 0 N–H and O–H groups in total. The molecule has 0 fully saturated rings. The van der Waals surface area contributed by atoms with Crippen molar-refractivity contribution in [1.29, 1.82) is 0 Å². The van der Waals surface area contributed by atoms with Crippen LogP contribution in [0, 0.1) is 29.5 Å². The highest BCUT2D eigenvalue weighted by Crippen LogP contribution is 2.22. The molecule has 0 atom stereocenters. The normalized spacial score (nSPS) is 10.1. The molecule has 0 saturated carbocycles. The Labute approximate surface area is 179 Å². The van der Waals surface area contributed by atoms with Crippen molar-refractivity contribution in [2.45, 2.75) is 45.4 Å². The van der Waals surface area contributed by atoms with Gasteiger partial charge in [0, 0.05) is 11.1 Å². The van der Waals surface area contributed by atoms with Crippen molar-refractivity contribution in [2.24, 2.45) is 0 Å². The van der Waals surface area contributed by atoms with Crippen LogP contribution in [0.15, 0.2) is 60.7 Å². The lowest BCUT2D eigenvalue weighted by Gasteiger charge is -2.07. The van der Waals surface area contributed by atoms with Gasteiger partial charge in [-0.2, -0.15) is 0 Å². The van der Waals surface area contributed by atoms with Crippen LogP contribution < -0.4 is 4.74 Å². The standard InChI is InChI=1S/C28H27FO/c1-2-3-4-5-6-9-20-30-28-19-16-25-21-24(12-15-26(25)22-28)11-8-7-10-23-13-17-27(29)18-14-23/h12-19,21-22H,2-6,9,20H2,1H3. The zero-order valence-corrected chi connectivity index (χ0v) is 17.5. The van der Waals surface area contributed by atoms with Gasteiger partial charge in [-0.3, -0.25) is 0 Å². The molecule has 0 aliphatic heterocycles. The summed E-state index contributed by atoms with van der Waals surface area (Å²) in [5.41, 5.74) is 1.66. The fraction of sp³-hybridized carbons (Fsp3) is 0.286. The molecule has 2 heteroatoms. The summed E-state index contributed by atoms with van der Waals surface area (Å²) < 4.78 is 18.8. The summed E-state index contributed by atoms with van der Waals surface area (Å²) in [7, 11) is 0. The molecule has 0 radical (unpaired) electrons. The number of halogens is 1. The Bertz CT molecular complexity index is 1070. The molecule has 3 rings (SSSR count). The Balaban J connectivity index is 1.55. The van der Waals surface area contributed by atoms with E-state index in [1.54, 1.807) is 12.1 Å². The van der Waals surface area contributed by atoms with Gasteiger partial charge in [0.1, 0.15) is 11.6 Å². The summed E-state index contributed by atoms with van der Waals surface area (Å²) in [6.07, 6.45) is 7.58. The van der Waals surface area contributed by atoms with Crippen molar-refractivity contribution in [3.05, 3.63) is 77.6 Å². The highest BCUT2D eigenvalue weighted by atomic mass is 19.1. The number of hydrogen-bond acceptors (Lipinski definition) is 1. The second-order valence-electron chi connectivity index (χ2n) is 7.35. The first-order valence-corrected chi connectivity index (χ1v) is 10.7. The number of unbranched alkanes of at least 4 members (excludes halogenated alkanes) is 5. The highest BCUT2D eigenvalue weighted by molar-refractivity contribution is 5.85. The summed E-state index contributed by atoms with van der Waals surface area (Å²) in [5, 5.41) is 2.26. The molecule has 0 spiro atoms. The van der Waals surface area contributed by atoms with E-state index in [0.29, 0.717) is 0 Å². The molecule has 3 aromatic rings. The summed E-state index contributed by atoms with van der Waals surface area (Å²) in [4.78, 5) is 0.